The third-order valence-electron chi connectivity index (χ3n) is 2.07. The van der Waals surface area contributed by atoms with Gasteiger partial charge in [0.1, 0.15) is 12.2 Å². The number of hydrogen-bond acceptors (Lipinski definition) is 7. The summed E-state index contributed by atoms with van der Waals surface area (Å²) in [5, 5.41) is 13.0. The third kappa shape index (κ3) is 2.32. The Hall–Kier alpha value is -1.02. The Morgan fingerprint density at radius 1 is 1.53 bits per heavy atom. The second kappa shape index (κ2) is 4.67. The van der Waals surface area contributed by atoms with Gasteiger partial charge in [-0.05, 0) is 0 Å². The molecule has 0 aromatic carbocycles. The molecule has 3 N–H and O–H groups in total. The fourth-order valence-electron chi connectivity index (χ4n) is 1.25. The maximum Gasteiger partial charge on any atom is 0.256 e. The molecule has 0 radical (unpaired) electrons. The minimum Gasteiger partial charge on any atom is -0.382 e. The predicted octanol–water partition coefficient (Wildman–Crippen LogP) is -0.850. The van der Waals surface area contributed by atoms with E-state index in [0.717, 1.165) is 0 Å². The minimum atomic E-state index is -0.921. The summed E-state index contributed by atoms with van der Waals surface area (Å²) in [7, 11) is 0. The lowest BCUT2D eigenvalue weighted by Gasteiger charge is -2.19. The van der Waals surface area contributed by atoms with Crippen LogP contribution < -0.4 is 5.73 Å². The Morgan fingerprint density at radius 3 is 3.07 bits per heavy atom. The molecule has 0 saturated carbocycles. The van der Waals surface area contributed by atoms with E-state index in [1.165, 1.54) is 0 Å². The predicted molar refractivity (Wildman–Crippen MR) is 47.8 cm³/mol. The molecule has 1 aromatic rings. The first kappa shape index (κ1) is 10.5. The minimum absolute atomic E-state index is 0.0453. The first-order valence-electron chi connectivity index (χ1n) is 4.72. The summed E-state index contributed by atoms with van der Waals surface area (Å²) in [5.74, 6) is 0.499. The molecule has 1 fully saturated rings. The van der Waals surface area contributed by atoms with Gasteiger partial charge in [-0.1, -0.05) is 5.16 Å². The highest BCUT2D eigenvalue weighted by molar-refractivity contribution is 4.94. The summed E-state index contributed by atoms with van der Waals surface area (Å²) < 4.78 is 15.4. The molecule has 1 aliphatic heterocycles. The van der Waals surface area contributed by atoms with Gasteiger partial charge in [0.15, 0.2) is 0 Å². The standard InChI is InChI=1S/C8H13N3O4/c9-3-5(12)8-10-7(11-15-8)6-4-13-1-2-14-6/h5-6,12H,1-4,9H2. The normalized spacial score (nSPS) is 24.0. The lowest BCUT2D eigenvalue weighted by Crippen LogP contribution is -2.23. The van der Waals surface area contributed by atoms with Crippen molar-refractivity contribution in [1.29, 1.82) is 0 Å². The molecular weight excluding hydrogens is 202 g/mol. The van der Waals surface area contributed by atoms with E-state index in [-0.39, 0.29) is 18.5 Å². The van der Waals surface area contributed by atoms with Crippen molar-refractivity contribution >= 4 is 0 Å². The Morgan fingerprint density at radius 2 is 2.40 bits per heavy atom. The lowest BCUT2D eigenvalue weighted by atomic mass is 10.3. The van der Waals surface area contributed by atoms with Gasteiger partial charge in [0, 0.05) is 6.54 Å². The number of nitrogens with zero attached hydrogens (tertiary/aromatic N) is 2. The van der Waals surface area contributed by atoms with Crippen LogP contribution in [0.3, 0.4) is 0 Å². The summed E-state index contributed by atoms with van der Waals surface area (Å²) >= 11 is 0. The average molecular weight is 215 g/mol. The van der Waals surface area contributed by atoms with Crippen molar-refractivity contribution in [2.24, 2.45) is 5.73 Å². The maximum absolute atomic E-state index is 9.35. The maximum atomic E-state index is 9.35. The van der Waals surface area contributed by atoms with E-state index in [1.807, 2.05) is 0 Å². The first-order chi connectivity index (χ1) is 7.31. The smallest absolute Gasteiger partial charge is 0.256 e. The number of ether oxygens (including phenoxy) is 2. The Bertz CT molecular complexity index is 311. The highest BCUT2D eigenvalue weighted by atomic mass is 16.6. The number of aromatic nitrogens is 2. The molecule has 2 unspecified atom stereocenters. The van der Waals surface area contributed by atoms with Crippen LogP contribution in [0, 0.1) is 0 Å². The van der Waals surface area contributed by atoms with Gasteiger partial charge < -0.3 is 24.8 Å². The van der Waals surface area contributed by atoms with Gasteiger partial charge >= 0.3 is 0 Å². The van der Waals surface area contributed by atoms with Crippen LogP contribution in [0.25, 0.3) is 0 Å². The number of hydrogen-bond donors (Lipinski definition) is 2. The van der Waals surface area contributed by atoms with E-state index >= 15 is 0 Å². The van der Waals surface area contributed by atoms with Crippen LogP contribution in [0.15, 0.2) is 4.52 Å². The number of nitrogens with two attached hydrogens (primary N) is 1. The second-order valence-corrected chi connectivity index (χ2v) is 3.18. The molecule has 84 valence electrons. The molecule has 0 amide bonds. The fraction of sp³-hybridized carbons (Fsp3) is 0.750. The summed E-state index contributed by atoms with van der Waals surface area (Å²) in [5.41, 5.74) is 5.26. The zero-order chi connectivity index (χ0) is 10.7. The molecule has 1 saturated heterocycles. The molecule has 7 heteroatoms. The second-order valence-electron chi connectivity index (χ2n) is 3.18. The summed E-state index contributed by atoms with van der Waals surface area (Å²) in [6.45, 7) is 1.53. The molecule has 2 atom stereocenters. The molecule has 2 heterocycles. The average Bonchev–Trinajstić information content (AvgIpc) is 2.78. The third-order valence-corrected chi connectivity index (χ3v) is 2.07. The number of aliphatic hydroxyl groups excluding tert-OH is 1. The van der Waals surface area contributed by atoms with Gasteiger partial charge in [-0.25, -0.2) is 0 Å². The molecule has 15 heavy (non-hydrogen) atoms. The van der Waals surface area contributed by atoms with E-state index in [9.17, 15) is 5.11 Å². The van der Waals surface area contributed by atoms with Crippen LogP contribution in [0.1, 0.15) is 23.9 Å². The van der Waals surface area contributed by atoms with Crippen molar-refractivity contribution in [3.8, 4) is 0 Å². The summed E-state index contributed by atoms with van der Waals surface area (Å²) in [4.78, 5) is 3.99. The van der Waals surface area contributed by atoms with Crippen molar-refractivity contribution in [3.63, 3.8) is 0 Å². The highest BCUT2D eigenvalue weighted by Gasteiger charge is 2.24. The van der Waals surface area contributed by atoms with Gasteiger partial charge in [0.25, 0.3) is 5.89 Å². The monoisotopic (exact) mass is 215 g/mol. The molecule has 0 spiro atoms. The summed E-state index contributed by atoms with van der Waals surface area (Å²) in [6, 6.07) is 0. The number of rotatable bonds is 3. The Labute approximate surface area is 86.2 Å². The molecule has 7 nitrogen and oxygen atoms in total. The van der Waals surface area contributed by atoms with Crippen molar-refractivity contribution < 1.29 is 19.1 Å². The van der Waals surface area contributed by atoms with Crippen LogP contribution in [0.4, 0.5) is 0 Å². The quantitative estimate of drug-likeness (QED) is 0.676. The fourth-order valence-corrected chi connectivity index (χ4v) is 1.25. The molecule has 2 rings (SSSR count). The zero-order valence-electron chi connectivity index (χ0n) is 8.13. The number of aliphatic hydroxyl groups is 1. The van der Waals surface area contributed by atoms with Gasteiger partial charge in [0.05, 0.1) is 19.8 Å². The van der Waals surface area contributed by atoms with Gasteiger partial charge in [0.2, 0.25) is 5.82 Å². The lowest BCUT2D eigenvalue weighted by molar-refractivity contribution is -0.0941. The Balaban J connectivity index is 2.05. The van der Waals surface area contributed by atoms with Crippen LogP contribution in [-0.2, 0) is 9.47 Å². The van der Waals surface area contributed by atoms with Crippen molar-refractivity contribution in [3.05, 3.63) is 11.7 Å². The van der Waals surface area contributed by atoms with E-state index in [0.29, 0.717) is 25.6 Å². The molecule has 0 bridgehead atoms. The zero-order valence-corrected chi connectivity index (χ0v) is 8.13. The highest BCUT2D eigenvalue weighted by Crippen LogP contribution is 2.19. The molecule has 1 aromatic heterocycles. The molecule has 1 aliphatic rings. The first-order valence-corrected chi connectivity index (χ1v) is 4.72. The van der Waals surface area contributed by atoms with Crippen molar-refractivity contribution in [1.82, 2.24) is 10.1 Å². The van der Waals surface area contributed by atoms with Crippen LogP contribution in [0.2, 0.25) is 0 Å². The van der Waals surface area contributed by atoms with Gasteiger partial charge in [-0.2, -0.15) is 4.98 Å². The van der Waals surface area contributed by atoms with E-state index < -0.39 is 6.10 Å². The van der Waals surface area contributed by atoms with Crippen LogP contribution in [0.5, 0.6) is 0 Å². The van der Waals surface area contributed by atoms with E-state index in [2.05, 4.69) is 10.1 Å². The Kier molecular flexibility index (Phi) is 3.27. The van der Waals surface area contributed by atoms with Crippen molar-refractivity contribution in [2.45, 2.75) is 12.2 Å². The topological polar surface area (TPSA) is 104 Å². The van der Waals surface area contributed by atoms with E-state index in [1.54, 1.807) is 0 Å². The molecule has 0 aliphatic carbocycles. The van der Waals surface area contributed by atoms with Gasteiger partial charge in [-0.15, -0.1) is 0 Å². The summed E-state index contributed by atoms with van der Waals surface area (Å²) in [6.07, 6.45) is -1.24. The van der Waals surface area contributed by atoms with Gasteiger partial charge in [-0.3, -0.25) is 0 Å². The van der Waals surface area contributed by atoms with Crippen molar-refractivity contribution in [2.75, 3.05) is 26.4 Å². The van der Waals surface area contributed by atoms with Crippen LogP contribution >= 0.6 is 0 Å². The molecular formula is C8H13N3O4. The van der Waals surface area contributed by atoms with Crippen LogP contribution in [-0.4, -0.2) is 41.6 Å². The largest absolute Gasteiger partial charge is 0.382 e. The van der Waals surface area contributed by atoms with E-state index in [4.69, 9.17) is 19.7 Å². The SMILES string of the molecule is NCC(O)c1nc(C2COCCO2)no1.